The van der Waals surface area contributed by atoms with Crippen molar-refractivity contribution in [1.29, 1.82) is 0 Å². The van der Waals surface area contributed by atoms with Gasteiger partial charge in [-0.15, -0.1) is 0 Å². The Morgan fingerprint density at radius 3 is 2.42 bits per heavy atom. The van der Waals surface area contributed by atoms with Gasteiger partial charge in [0.2, 0.25) is 0 Å². The van der Waals surface area contributed by atoms with Crippen molar-refractivity contribution < 1.29 is 0 Å². The first-order valence-electron chi connectivity index (χ1n) is 10.7. The number of hydrogen-bond acceptors (Lipinski definition) is 2. The highest BCUT2D eigenvalue weighted by Gasteiger charge is 2.35. The quantitative estimate of drug-likeness (QED) is 0.368. The molecule has 164 valence electrons. The van der Waals surface area contributed by atoms with Crippen LogP contribution in [0.2, 0.25) is 10.0 Å². The summed E-state index contributed by atoms with van der Waals surface area (Å²) in [7, 11) is 1.96. The molecule has 0 saturated carbocycles. The van der Waals surface area contributed by atoms with Gasteiger partial charge >= 0.3 is 0 Å². The zero-order valence-corrected chi connectivity index (χ0v) is 19.7. The highest BCUT2D eigenvalue weighted by atomic mass is 35.5. The van der Waals surface area contributed by atoms with Crippen LogP contribution in [0.4, 0.5) is 0 Å². The van der Waals surface area contributed by atoms with Crippen LogP contribution >= 0.6 is 23.2 Å². The van der Waals surface area contributed by atoms with E-state index in [2.05, 4.69) is 41.9 Å². The maximum Gasteiger partial charge on any atom is 0.109 e. The number of benzene rings is 3. The van der Waals surface area contributed by atoms with Gasteiger partial charge < -0.3 is 10.3 Å². The van der Waals surface area contributed by atoms with E-state index in [0.717, 1.165) is 45.5 Å². The SMILES string of the molecule is C=C1C=C(c2cccc(Cl)c2)c2cc(C(N)(c3ccc(Cl)cc3)c3cncn3C)ccc2C1. The second kappa shape index (κ2) is 8.35. The molecule has 0 fully saturated rings. The Kier molecular flexibility index (Phi) is 5.49. The lowest BCUT2D eigenvalue weighted by Crippen LogP contribution is -2.41. The van der Waals surface area contributed by atoms with Gasteiger partial charge in [0.1, 0.15) is 5.54 Å². The van der Waals surface area contributed by atoms with Gasteiger partial charge in [0, 0.05) is 17.1 Å². The molecule has 0 saturated heterocycles. The van der Waals surface area contributed by atoms with Crippen LogP contribution in [0.3, 0.4) is 0 Å². The lowest BCUT2D eigenvalue weighted by molar-refractivity contribution is 0.595. The Labute approximate surface area is 203 Å². The molecule has 5 heteroatoms. The Balaban J connectivity index is 1.73. The van der Waals surface area contributed by atoms with Gasteiger partial charge in [0.25, 0.3) is 0 Å². The molecule has 1 unspecified atom stereocenters. The summed E-state index contributed by atoms with van der Waals surface area (Å²) >= 11 is 12.5. The maximum absolute atomic E-state index is 7.26. The number of fused-ring (bicyclic) bond motifs is 1. The van der Waals surface area contributed by atoms with Crippen LogP contribution in [0.25, 0.3) is 5.57 Å². The normalized spacial score (nSPS) is 15.0. The van der Waals surface area contributed by atoms with Gasteiger partial charge in [0.05, 0.1) is 18.2 Å². The fourth-order valence-electron chi connectivity index (χ4n) is 4.61. The Hall–Kier alpha value is -3.11. The molecule has 0 amide bonds. The summed E-state index contributed by atoms with van der Waals surface area (Å²) in [6, 6.07) is 22.1. The van der Waals surface area contributed by atoms with Crippen molar-refractivity contribution in [3.63, 3.8) is 0 Å². The van der Waals surface area contributed by atoms with E-state index in [1.165, 1.54) is 5.56 Å². The molecule has 1 aliphatic carbocycles. The summed E-state index contributed by atoms with van der Waals surface area (Å²) in [6.07, 6.45) is 6.53. The molecule has 2 N–H and O–H groups in total. The number of allylic oxidation sites excluding steroid dienone is 2. The van der Waals surface area contributed by atoms with Crippen LogP contribution in [-0.2, 0) is 19.0 Å². The number of nitrogens with two attached hydrogens (primary N) is 1. The molecule has 3 aromatic carbocycles. The standard InChI is InChI=1S/C28H23Cl2N3/c1-18-12-20-6-7-22(15-26(20)25(13-18)19-4-3-5-24(30)14-19)28(31,27-16-32-17-33(27)2)21-8-10-23(29)11-9-21/h3-11,13-17H,1,12,31H2,2H3. The average Bonchev–Trinajstić information content (AvgIpc) is 3.24. The van der Waals surface area contributed by atoms with Crippen molar-refractivity contribution in [3.05, 3.63) is 141 Å². The molecule has 3 nitrogen and oxygen atoms in total. The average molecular weight is 472 g/mol. The van der Waals surface area contributed by atoms with Gasteiger partial charge in [-0.1, -0.05) is 77.8 Å². The van der Waals surface area contributed by atoms with E-state index in [1.807, 2.05) is 60.3 Å². The second-order valence-corrected chi connectivity index (χ2v) is 9.35. The minimum Gasteiger partial charge on any atom is -0.336 e. The van der Waals surface area contributed by atoms with Crippen LogP contribution in [0.1, 0.15) is 33.5 Å². The predicted molar refractivity (Wildman–Crippen MR) is 137 cm³/mol. The Morgan fingerprint density at radius 2 is 1.73 bits per heavy atom. The zero-order chi connectivity index (χ0) is 23.2. The summed E-state index contributed by atoms with van der Waals surface area (Å²) in [5.74, 6) is 0. The van der Waals surface area contributed by atoms with Gasteiger partial charge in [0.15, 0.2) is 0 Å². The van der Waals surface area contributed by atoms with E-state index in [1.54, 1.807) is 6.33 Å². The lowest BCUT2D eigenvalue weighted by atomic mass is 9.77. The number of aryl methyl sites for hydroxylation is 1. The molecule has 0 spiro atoms. The molecular formula is C28H23Cl2N3. The summed E-state index contributed by atoms with van der Waals surface area (Å²) in [5.41, 5.74) is 14.7. The number of hydrogen-bond donors (Lipinski definition) is 1. The fourth-order valence-corrected chi connectivity index (χ4v) is 4.93. The number of aromatic nitrogens is 2. The van der Waals surface area contributed by atoms with Gasteiger partial charge in [-0.2, -0.15) is 0 Å². The van der Waals surface area contributed by atoms with E-state index in [-0.39, 0.29) is 0 Å². The number of nitrogens with zero attached hydrogens (tertiary/aromatic N) is 2. The molecule has 1 atom stereocenters. The van der Waals surface area contributed by atoms with Gasteiger partial charge in [-0.05, 0) is 70.1 Å². The first kappa shape index (κ1) is 21.7. The first-order valence-corrected chi connectivity index (χ1v) is 11.4. The van der Waals surface area contributed by atoms with Crippen molar-refractivity contribution >= 4 is 28.8 Å². The van der Waals surface area contributed by atoms with Crippen molar-refractivity contribution in [3.8, 4) is 0 Å². The molecule has 0 bridgehead atoms. The molecule has 0 aliphatic heterocycles. The molecule has 33 heavy (non-hydrogen) atoms. The first-order chi connectivity index (χ1) is 15.9. The highest BCUT2D eigenvalue weighted by molar-refractivity contribution is 6.31. The lowest BCUT2D eigenvalue weighted by Gasteiger charge is -2.33. The molecular weight excluding hydrogens is 449 g/mol. The predicted octanol–water partition coefficient (Wildman–Crippen LogP) is 6.52. The van der Waals surface area contributed by atoms with Crippen molar-refractivity contribution in [2.24, 2.45) is 12.8 Å². The summed E-state index contributed by atoms with van der Waals surface area (Å²) in [6.45, 7) is 4.23. The number of rotatable bonds is 4. The maximum atomic E-state index is 7.26. The van der Waals surface area contributed by atoms with Crippen LogP contribution in [0, 0.1) is 0 Å². The molecule has 1 heterocycles. The highest BCUT2D eigenvalue weighted by Crippen LogP contribution is 2.40. The van der Waals surface area contributed by atoms with Crippen molar-refractivity contribution in [2.45, 2.75) is 12.0 Å². The third-order valence-corrected chi connectivity index (χ3v) is 6.76. The van der Waals surface area contributed by atoms with Gasteiger partial charge in [-0.3, -0.25) is 0 Å². The second-order valence-electron chi connectivity index (χ2n) is 8.48. The fraction of sp³-hybridized carbons (Fsp3) is 0.107. The van der Waals surface area contributed by atoms with Crippen LogP contribution < -0.4 is 5.73 Å². The molecule has 0 radical (unpaired) electrons. The van der Waals surface area contributed by atoms with E-state index in [9.17, 15) is 0 Å². The third-order valence-electron chi connectivity index (χ3n) is 6.28. The van der Waals surface area contributed by atoms with Gasteiger partial charge in [-0.25, -0.2) is 4.98 Å². The van der Waals surface area contributed by atoms with Crippen LogP contribution in [0.15, 0.2) is 97.5 Å². The largest absolute Gasteiger partial charge is 0.336 e. The Bertz CT molecular complexity index is 1400. The number of halogens is 2. The molecule has 5 rings (SSSR count). The smallest absolute Gasteiger partial charge is 0.109 e. The topological polar surface area (TPSA) is 43.8 Å². The van der Waals surface area contributed by atoms with E-state index < -0.39 is 5.54 Å². The summed E-state index contributed by atoms with van der Waals surface area (Å²) < 4.78 is 1.96. The summed E-state index contributed by atoms with van der Waals surface area (Å²) in [5, 5.41) is 1.37. The number of imidazole rings is 1. The van der Waals surface area contributed by atoms with Crippen LogP contribution in [0.5, 0.6) is 0 Å². The monoisotopic (exact) mass is 471 g/mol. The minimum absolute atomic E-state index is 0.668. The minimum atomic E-state index is -0.918. The third kappa shape index (κ3) is 3.83. The molecule has 1 aromatic heterocycles. The van der Waals surface area contributed by atoms with E-state index in [0.29, 0.717) is 10.0 Å². The van der Waals surface area contributed by atoms with E-state index in [4.69, 9.17) is 28.9 Å². The summed E-state index contributed by atoms with van der Waals surface area (Å²) in [4.78, 5) is 4.35. The molecule has 1 aliphatic rings. The Morgan fingerprint density at radius 1 is 0.970 bits per heavy atom. The molecule has 4 aromatic rings. The zero-order valence-electron chi connectivity index (χ0n) is 18.2. The van der Waals surface area contributed by atoms with E-state index >= 15 is 0 Å². The van der Waals surface area contributed by atoms with Crippen molar-refractivity contribution in [2.75, 3.05) is 0 Å². The van der Waals surface area contributed by atoms with Crippen molar-refractivity contribution in [1.82, 2.24) is 9.55 Å². The van der Waals surface area contributed by atoms with Crippen LogP contribution in [-0.4, -0.2) is 9.55 Å².